The Hall–Kier alpha value is -1.37. The fraction of sp³-hybridized carbons (Fsp3) is 0.200. The fourth-order valence-electron chi connectivity index (χ4n) is 2.27. The molecule has 1 N–H and O–H groups in total. The van der Waals surface area contributed by atoms with Gasteiger partial charge >= 0.3 is 0 Å². The average molecular weight is 368 g/mol. The molecule has 6 heteroatoms. The van der Waals surface area contributed by atoms with E-state index in [9.17, 15) is 8.42 Å². The van der Waals surface area contributed by atoms with Gasteiger partial charge in [-0.1, -0.05) is 34.1 Å². The molecule has 0 aromatic heterocycles. The van der Waals surface area contributed by atoms with Crippen molar-refractivity contribution in [1.29, 1.82) is 0 Å². The Morgan fingerprint density at radius 2 is 1.86 bits per heavy atom. The molecule has 0 aliphatic carbocycles. The Kier molecular flexibility index (Phi) is 4.01. The fourth-order valence-corrected chi connectivity index (χ4v) is 3.60. The number of rotatable bonds is 4. The molecule has 1 atom stereocenters. The van der Waals surface area contributed by atoms with Gasteiger partial charge in [-0.3, -0.25) is 0 Å². The van der Waals surface area contributed by atoms with Gasteiger partial charge in [0.1, 0.15) is 11.9 Å². The highest BCUT2D eigenvalue weighted by Crippen LogP contribution is 2.28. The first kappa shape index (κ1) is 14.6. The van der Waals surface area contributed by atoms with Crippen molar-refractivity contribution in [2.75, 3.05) is 6.54 Å². The monoisotopic (exact) mass is 367 g/mol. The number of ether oxygens (including phenoxy) is 1. The Morgan fingerprint density at radius 3 is 2.57 bits per heavy atom. The van der Waals surface area contributed by atoms with E-state index in [0.717, 1.165) is 22.2 Å². The second kappa shape index (κ2) is 5.79. The van der Waals surface area contributed by atoms with E-state index in [1.807, 2.05) is 24.3 Å². The minimum absolute atomic E-state index is 0.160. The highest BCUT2D eigenvalue weighted by atomic mass is 79.9. The number of halogens is 1. The normalized spacial score (nSPS) is 17.3. The third kappa shape index (κ3) is 3.28. The lowest BCUT2D eigenvalue weighted by Crippen LogP contribution is -2.34. The maximum Gasteiger partial charge on any atom is 0.240 e. The number of nitrogens with one attached hydrogen (secondary N) is 1. The number of hydrogen-bond donors (Lipinski definition) is 1. The summed E-state index contributed by atoms with van der Waals surface area (Å²) in [7, 11) is -3.50. The maximum absolute atomic E-state index is 12.2. The SMILES string of the molecule is O=S(=O)(NCC1Cc2ccccc2O1)c1ccc(Br)cc1. The quantitative estimate of drug-likeness (QED) is 0.903. The molecule has 0 bridgehead atoms. The minimum atomic E-state index is -3.50. The Labute approximate surface area is 132 Å². The molecule has 3 rings (SSSR count). The first-order chi connectivity index (χ1) is 10.0. The topological polar surface area (TPSA) is 55.4 Å². The minimum Gasteiger partial charge on any atom is -0.488 e. The molecular formula is C15H14BrNO3S. The van der Waals surface area contributed by atoms with Gasteiger partial charge in [-0.15, -0.1) is 0 Å². The van der Waals surface area contributed by atoms with Crippen molar-refractivity contribution in [1.82, 2.24) is 4.72 Å². The van der Waals surface area contributed by atoms with Crippen LogP contribution in [0.1, 0.15) is 5.56 Å². The highest BCUT2D eigenvalue weighted by molar-refractivity contribution is 9.10. The average Bonchev–Trinajstić information content (AvgIpc) is 2.89. The largest absolute Gasteiger partial charge is 0.488 e. The van der Waals surface area contributed by atoms with Crippen LogP contribution < -0.4 is 9.46 Å². The molecule has 0 amide bonds. The van der Waals surface area contributed by atoms with Crippen molar-refractivity contribution in [3.63, 3.8) is 0 Å². The first-order valence-electron chi connectivity index (χ1n) is 6.54. The van der Waals surface area contributed by atoms with Crippen LogP contribution in [0, 0.1) is 0 Å². The van der Waals surface area contributed by atoms with Gasteiger partial charge in [0.15, 0.2) is 0 Å². The van der Waals surface area contributed by atoms with Crippen LogP contribution in [0.4, 0.5) is 0 Å². The van der Waals surface area contributed by atoms with Crippen molar-refractivity contribution < 1.29 is 13.2 Å². The van der Waals surface area contributed by atoms with Crippen molar-refractivity contribution >= 4 is 26.0 Å². The number of fused-ring (bicyclic) bond motifs is 1. The van der Waals surface area contributed by atoms with E-state index in [1.54, 1.807) is 24.3 Å². The van der Waals surface area contributed by atoms with Gasteiger partial charge in [0.05, 0.1) is 4.90 Å². The smallest absolute Gasteiger partial charge is 0.240 e. The zero-order valence-corrected chi connectivity index (χ0v) is 13.5. The van der Waals surface area contributed by atoms with E-state index >= 15 is 0 Å². The van der Waals surface area contributed by atoms with Crippen LogP contribution in [0.3, 0.4) is 0 Å². The van der Waals surface area contributed by atoms with Gasteiger partial charge in [0.2, 0.25) is 10.0 Å². The Bertz CT molecular complexity index is 719. The predicted molar refractivity (Wildman–Crippen MR) is 83.9 cm³/mol. The first-order valence-corrected chi connectivity index (χ1v) is 8.82. The van der Waals surface area contributed by atoms with Crippen molar-refractivity contribution in [2.45, 2.75) is 17.4 Å². The second-order valence-corrected chi connectivity index (χ2v) is 7.54. The Morgan fingerprint density at radius 1 is 1.14 bits per heavy atom. The molecule has 110 valence electrons. The van der Waals surface area contributed by atoms with E-state index in [2.05, 4.69) is 20.7 Å². The van der Waals surface area contributed by atoms with Crippen LogP contribution in [-0.4, -0.2) is 21.1 Å². The van der Waals surface area contributed by atoms with E-state index in [1.165, 1.54) is 0 Å². The molecule has 0 radical (unpaired) electrons. The van der Waals surface area contributed by atoms with Gasteiger partial charge in [0, 0.05) is 17.4 Å². The molecule has 1 unspecified atom stereocenters. The third-order valence-corrected chi connectivity index (χ3v) is 5.31. The van der Waals surface area contributed by atoms with Crippen LogP contribution in [0.5, 0.6) is 5.75 Å². The van der Waals surface area contributed by atoms with Crippen LogP contribution in [-0.2, 0) is 16.4 Å². The van der Waals surface area contributed by atoms with E-state index in [-0.39, 0.29) is 17.5 Å². The summed E-state index contributed by atoms with van der Waals surface area (Å²) >= 11 is 3.29. The molecule has 1 aliphatic rings. The molecule has 2 aromatic rings. The molecule has 4 nitrogen and oxygen atoms in total. The number of hydrogen-bond acceptors (Lipinski definition) is 3. The lowest BCUT2D eigenvalue weighted by molar-refractivity contribution is 0.236. The molecule has 0 saturated carbocycles. The molecule has 0 spiro atoms. The summed E-state index contributed by atoms with van der Waals surface area (Å²) in [6, 6.07) is 14.3. The van der Waals surface area contributed by atoms with E-state index in [0.29, 0.717) is 0 Å². The molecular weight excluding hydrogens is 354 g/mol. The van der Waals surface area contributed by atoms with Crippen LogP contribution in [0.15, 0.2) is 57.9 Å². The Balaban J connectivity index is 1.65. The summed E-state index contributed by atoms with van der Waals surface area (Å²) in [6.07, 6.45) is 0.562. The summed E-state index contributed by atoms with van der Waals surface area (Å²) in [6.45, 7) is 0.257. The maximum atomic E-state index is 12.2. The zero-order valence-electron chi connectivity index (χ0n) is 11.1. The third-order valence-electron chi connectivity index (χ3n) is 3.34. The summed E-state index contributed by atoms with van der Waals surface area (Å²) in [5, 5.41) is 0. The molecule has 21 heavy (non-hydrogen) atoms. The molecule has 1 aliphatic heterocycles. The zero-order chi connectivity index (χ0) is 14.9. The standard InChI is InChI=1S/C15H14BrNO3S/c16-12-5-7-14(8-6-12)21(18,19)17-10-13-9-11-3-1-2-4-15(11)20-13/h1-8,13,17H,9-10H2. The number of para-hydroxylation sites is 1. The van der Waals surface area contributed by atoms with Crippen molar-refractivity contribution in [2.24, 2.45) is 0 Å². The van der Waals surface area contributed by atoms with Gasteiger partial charge in [-0.25, -0.2) is 13.1 Å². The van der Waals surface area contributed by atoms with Gasteiger partial charge in [-0.2, -0.15) is 0 Å². The van der Waals surface area contributed by atoms with Gasteiger partial charge < -0.3 is 4.74 Å². The molecule has 0 saturated heterocycles. The van der Waals surface area contributed by atoms with Crippen LogP contribution >= 0.6 is 15.9 Å². The van der Waals surface area contributed by atoms with E-state index in [4.69, 9.17) is 4.74 Å². The lowest BCUT2D eigenvalue weighted by Gasteiger charge is -2.12. The summed E-state index contributed by atoms with van der Waals surface area (Å²) in [5.74, 6) is 0.838. The van der Waals surface area contributed by atoms with Crippen molar-refractivity contribution in [3.05, 3.63) is 58.6 Å². The van der Waals surface area contributed by atoms with Gasteiger partial charge in [0.25, 0.3) is 0 Å². The second-order valence-electron chi connectivity index (χ2n) is 4.86. The number of benzene rings is 2. The summed E-state index contributed by atoms with van der Waals surface area (Å²) in [5.41, 5.74) is 1.12. The van der Waals surface area contributed by atoms with Crippen molar-refractivity contribution in [3.8, 4) is 5.75 Å². The molecule has 2 aromatic carbocycles. The van der Waals surface area contributed by atoms with Crippen LogP contribution in [0.25, 0.3) is 0 Å². The lowest BCUT2D eigenvalue weighted by atomic mass is 10.1. The summed E-state index contributed by atoms with van der Waals surface area (Å²) in [4.78, 5) is 0.251. The summed E-state index contributed by atoms with van der Waals surface area (Å²) < 4.78 is 33.6. The predicted octanol–water partition coefficient (Wildman–Crippen LogP) is 2.73. The molecule has 0 fully saturated rings. The number of sulfonamides is 1. The van der Waals surface area contributed by atoms with E-state index < -0.39 is 10.0 Å². The molecule has 1 heterocycles. The van der Waals surface area contributed by atoms with Gasteiger partial charge in [-0.05, 0) is 35.9 Å². The van der Waals surface area contributed by atoms with Crippen LogP contribution in [0.2, 0.25) is 0 Å². The highest BCUT2D eigenvalue weighted by Gasteiger charge is 2.24.